The monoisotopic (exact) mass is 281 g/mol. The Kier molecular flexibility index (Phi) is 3.41. The number of aryl methyl sites for hydroxylation is 1. The molecule has 0 amide bonds. The molecule has 4 nitrogen and oxygen atoms in total. The van der Waals surface area contributed by atoms with Gasteiger partial charge in [-0.2, -0.15) is 28.1 Å². The summed E-state index contributed by atoms with van der Waals surface area (Å²) in [6.07, 6.45) is 0. The lowest BCUT2D eigenvalue weighted by Gasteiger charge is -2.13. The standard InChI is InChI=1S/C12H15N3OS2/c1-7-3-17-4-8(7)11-14-12(16-15-11)9-5-18-6-10(9)13-2/h3-4,9-10,13H,5-6H2,1-2H3. The maximum atomic E-state index is 5.45. The van der Waals surface area contributed by atoms with E-state index in [9.17, 15) is 0 Å². The van der Waals surface area contributed by atoms with Gasteiger partial charge < -0.3 is 9.84 Å². The summed E-state index contributed by atoms with van der Waals surface area (Å²) in [4.78, 5) is 4.57. The Labute approximate surface area is 114 Å². The van der Waals surface area contributed by atoms with Crippen LogP contribution in [0.4, 0.5) is 0 Å². The summed E-state index contributed by atoms with van der Waals surface area (Å²) in [5, 5.41) is 11.6. The highest BCUT2D eigenvalue weighted by molar-refractivity contribution is 7.99. The molecule has 2 unspecified atom stereocenters. The van der Waals surface area contributed by atoms with Crippen LogP contribution in [-0.2, 0) is 0 Å². The van der Waals surface area contributed by atoms with Crippen LogP contribution in [0.3, 0.4) is 0 Å². The highest BCUT2D eigenvalue weighted by atomic mass is 32.2. The van der Waals surface area contributed by atoms with Crippen molar-refractivity contribution < 1.29 is 4.52 Å². The van der Waals surface area contributed by atoms with Crippen LogP contribution < -0.4 is 5.32 Å². The van der Waals surface area contributed by atoms with Gasteiger partial charge in [-0.1, -0.05) is 5.16 Å². The van der Waals surface area contributed by atoms with E-state index in [1.807, 2.05) is 18.8 Å². The normalized spacial score (nSPS) is 23.7. The molecule has 2 aromatic rings. The van der Waals surface area contributed by atoms with Crippen molar-refractivity contribution in [2.45, 2.75) is 18.9 Å². The number of likely N-dealkylation sites (N-methyl/N-ethyl adjacent to an activating group) is 1. The molecular formula is C12H15N3OS2. The minimum atomic E-state index is 0.334. The summed E-state index contributed by atoms with van der Waals surface area (Å²) in [6.45, 7) is 2.07. The molecule has 6 heteroatoms. The fraction of sp³-hybridized carbons (Fsp3) is 0.500. The van der Waals surface area contributed by atoms with Gasteiger partial charge in [0.15, 0.2) is 0 Å². The molecule has 0 spiro atoms. The molecule has 18 heavy (non-hydrogen) atoms. The van der Waals surface area contributed by atoms with Crippen molar-refractivity contribution >= 4 is 23.1 Å². The molecule has 1 aliphatic heterocycles. The number of hydrogen-bond acceptors (Lipinski definition) is 6. The highest BCUT2D eigenvalue weighted by Gasteiger charge is 2.32. The second kappa shape index (κ2) is 5.03. The van der Waals surface area contributed by atoms with Gasteiger partial charge in [0.1, 0.15) is 0 Å². The van der Waals surface area contributed by atoms with E-state index in [2.05, 4.69) is 33.1 Å². The number of hydrogen-bond donors (Lipinski definition) is 1. The predicted octanol–water partition coefficient (Wildman–Crippen LogP) is 2.52. The number of thiophene rings is 1. The Bertz CT molecular complexity index is 537. The van der Waals surface area contributed by atoms with Crippen LogP contribution in [0, 0.1) is 6.92 Å². The molecule has 1 aliphatic rings. The largest absolute Gasteiger partial charge is 0.339 e. The molecule has 3 rings (SSSR count). The Balaban J connectivity index is 1.88. The van der Waals surface area contributed by atoms with E-state index in [0.29, 0.717) is 12.0 Å². The molecule has 0 aliphatic carbocycles. The summed E-state index contributed by atoms with van der Waals surface area (Å²) in [5.74, 6) is 3.97. The minimum Gasteiger partial charge on any atom is -0.339 e. The van der Waals surface area contributed by atoms with Crippen LogP contribution in [0.2, 0.25) is 0 Å². The molecule has 0 bridgehead atoms. The fourth-order valence-electron chi connectivity index (χ4n) is 2.17. The summed E-state index contributed by atoms with van der Waals surface area (Å²) < 4.78 is 5.45. The van der Waals surface area contributed by atoms with Crippen LogP contribution in [-0.4, -0.2) is 34.7 Å². The summed E-state index contributed by atoms with van der Waals surface area (Å²) >= 11 is 3.60. The lowest BCUT2D eigenvalue weighted by molar-refractivity contribution is 0.344. The number of nitrogens with one attached hydrogen (secondary N) is 1. The quantitative estimate of drug-likeness (QED) is 0.937. The van der Waals surface area contributed by atoms with Crippen LogP contribution in [0.1, 0.15) is 17.4 Å². The Morgan fingerprint density at radius 3 is 3.00 bits per heavy atom. The Hall–Kier alpha value is -0.850. The second-order valence-electron chi connectivity index (χ2n) is 4.46. The third-order valence-electron chi connectivity index (χ3n) is 3.31. The summed E-state index contributed by atoms with van der Waals surface area (Å²) in [7, 11) is 1.99. The average molecular weight is 281 g/mol. The second-order valence-corrected chi connectivity index (χ2v) is 6.28. The van der Waals surface area contributed by atoms with Gasteiger partial charge in [-0.3, -0.25) is 0 Å². The molecule has 1 saturated heterocycles. The van der Waals surface area contributed by atoms with Gasteiger partial charge in [-0.05, 0) is 24.9 Å². The third-order valence-corrected chi connectivity index (χ3v) is 5.36. The topological polar surface area (TPSA) is 51.0 Å². The smallest absolute Gasteiger partial charge is 0.232 e. The van der Waals surface area contributed by atoms with E-state index in [1.54, 1.807) is 11.3 Å². The third kappa shape index (κ3) is 2.08. The van der Waals surface area contributed by atoms with Crippen LogP contribution >= 0.6 is 23.1 Å². The van der Waals surface area contributed by atoms with Gasteiger partial charge >= 0.3 is 0 Å². The van der Waals surface area contributed by atoms with E-state index in [1.165, 1.54) is 5.56 Å². The molecule has 96 valence electrons. The van der Waals surface area contributed by atoms with Gasteiger partial charge in [-0.15, -0.1) is 0 Å². The van der Waals surface area contributed by atoms with Crippen molar-refractivity contribution in [1.29, 1.82) is 0 Å². The zero-order valence-electron chi connectivity index (χ0n) is 10.3. The van der Waals surface area contributed by atoms with Crippen molar-refractivity contribution in [3.8, 4) is 11.4 Å². The van der Waals surface area contributed by atoms with Crippen LogP contribution in [0.5, 0.6) is 0 Å². The number of rotatable bonds is 3. The average Bonchev–Trinajstić information content (AvgIpc) is 3.06. The van der Waals surface area contributed by atoms with Crippen LogP contribution in [0.15, 0.2) is 15.3 Å². The van der Waals surface area contributed by atoms with Gasteiger partial charge in [-0.25, -0.2) is 0 Å². The molecule has 2 aromatic heterocycles. The molecule has 1 fully saturated rings. The molecule has 0 aromatic carbocycles. The highest BCUT2D eigenvalue weighted by Crippen LogP contribution is 2.33. The number of thioether (sulfide) groups is 1. The molecule has 0 radical (unpaired) electrons. The van der Waals surface area contributed by atoms with Crippen LogP contribution in [0.25, 0.3) is 11.4 Å². The first kappa shape index (κ1) is 12.2. The van der Waals surface area contributed by atoms with E-state index in [4.69, 9.17) is 4.52 Å². The van der Waals surface area contributed by atoms with E-state index >= 15 is 0 Å². The van der Waals surface area contributed by atoms with Crippen molar-refractivity contribution in [2.24, 2.45) is 0 Å². The Morgan fingerprint density at radius 1 is 1.39 bits per heavy atom. The van der Waals surface area contributed by atoms with E-state index in [0.717, 1.165) is 28.8 Å². The van der Waals surface area contributed by atoms with E-state index in [-0.39, 0.29) is 0 Å². The fourth-order valence-corrected chi connectivity index (χ4v) is 4.41. The van der Waals surface area contributed by atoms with E-state index < -0.39 is 0 Å². The lowest BCUT2D eigenvalue weighted by atomic mass is 10.0. The first-order valence-corrected chi connectivity index (χ1v) is 8.01. The lowest BCUT2D eigenvalue weighted by Crippen LogP contribution is -2.31. The van der Waals surface area contributed by atoms with Gasteiger partial charge in [0.25, 0.3) is 0 Å². The maximum Gasteiger partial charge on any atom is 0.232 e. The molecule has 0 saturated carbocycles. The summed E-state index contributed by atoms with van der Waals surface area (Å²) in [6, 6.07) is 0.437. The van der Waals surface area contributed by atoms with Crippen molar-refractivity contribution in [1.82, 2.24) is 15.5 Å². The first-order valence-electron chi connectivity index (χ1n) is 5.91. The summed E-state index contributed by atoms with van der Waals surface area (Å²) in [5.41, 5.74) is 2.29. The van der Waals surface area contributed by atoms with Gasteiger partial charge in [0.2, 0.25) is 11.7 Å². The molecule has 1 N–H and O–H groups in total. The number of aromatic nitrogens is 2. The molecule has 2 atom stereocenters. The molecular weight excluding hydrogens is 266 g/mol. The van der Waals surface area contributed by atoms with Gasteiger partial charge in [0.05, 0.1) is 5.92 Å². The molecule has 3 heterocycles. The van der Waals surface area contributed by atoms with Crippen molar-refractivity contribution in [3.05, 3.63) is 22.2 Å². The maximum absolute atomic E-state index is 5.45. The van der Waals surface area contributed by atoms with Crippen molar-refractivity contribution in [2.75, 3.05) is 18.6 Å². The first-order chi connectivity index (χ1) is 8.79. The van der Waals surface area contributed by atoms with Gasteiger partial charge in [0, 0.05) is 28.5 Å². The Morgan fingerprint density at radius 2 is 2.28 bits per heavy atom. The predicted molar refractivity (Wildman–Crippen MR) is 75.3 cm³/mol. The number of nitrogens with zero attached hydrogens (tertiary/aromatic N) is 2. The zero-order valence-corrected chi connectivity index (χ0v) is 12.0. The minimum absolute atomic E-state index is 0.334. The zero-order chi connectivity index (χ0) is 12.5. The van der Waals surface area contributed by atoms with Crippen molar-refractivity contribution in [3.63, 3.8) is 0 Å². The SMILES string of the molecule is CNC1CSCC1c1nc(-c2cscc2C)no1.